The van der Waals surface area contributed by atoms with Gasteiger partial charge in [0, 0.05) is 5.39 Å². The first-order chi connectivity index (χ1) is 22.5. The molecule has 14 nitrogen and oxygen atoms in total. The number of anilines is 1. The highest BCUT2D eigenvalue weighted by atomic mass is 31.2. The number of hydrogen-bond donors (Lipinski definition) is 3. The Morgan fingerprint density at radius 3 is 2.72 bits per heavy atom. The number of aliphatic hydroxyl groups is 1. The van der Waals surface area contributed by atoms with Gasteiger partial charge >= 0.3 is 13.7 Å². The number of ether oxygens (including phenoxy) is 3. The van der Waals surface area contributed by atoms with E-state index in [1.54, 1.807) is 24.3 Å². The zero-order valence-electron chi connectivity index (χ0n) is 26.2. The van der Waals surface area contributed by atoms with Crippen molar-refractivity contribution in [3.05, 3.63) is 48.8 Å². The summed E-state index contributed by atoms with van der Waals surface area (Å²) in [6.45, 7) is 2.12. The number of methoxy groups -OCH3 is 1. The molecule has 4 aromatic rings. The van der Waals surface area contributed by atoms with Gasteiger partial charge in [0.05, 0.1) is 20.0 Å². The third-order valence-electron chi connectivity index (χ3n) is 8.46. The van der Waals surface area contributed by atoms with Crippen LogP contribution in [-0.2, 0) is 23.4 Å². The van der Waals surface area contributed by atoms with Gasteiger partial charge in [-0.2, -0.15) is 15.1 Å². The van der Waals surface area contributed by atoms with Gasteiger partial charge in [-0.25, -0.2) is 13.9 Å². The number of nitrogens with zero attached hydrogens (tertiary/aromatic N) is 4. The number of rotatable bonds is 11. The summed E-state index contributed by atoms with van der Waals surface area (Å²) in [4.78, 5) is 25.4. The van der Waals surface area contributed by atoms with Crippen molar-refractivity contribution in [1.29, 1.82) is 0 Å². The highest BCUT2D eigenvalue weighted by Crippen LogP contribution is 2.49. The average molecular weight is 673 g/mol. The molecule has 2 fully saturated rings. The molecule has 6 rings (SSSR count). The van der Waals surface area contributed by atoms with E-state index < -0.39 is 50.5 Å². The van der Waals surface area contributed by atoms with Gasteiger partial charge in [-0.05, 0) is 51.0 Å². The molecule has 0 radical (unpaired) electrons. The Morgan fingerprint density at radius 2 is 1.96 bits per heavy atom. The number of nitrogens with one attached hydrogen (secondary N) is 1. The second-order valence-corrected chi connectivity index (χ2v) is 13.7. The van der Waals surface area contributed by atoms with E-state index in [2.05, 4.69) is 20.0 Å². The van der Waals surface area contributed by atoms with Crippen molar-refractivity contribution >= 4 is 41.6 Å². The Balaban J connectivity index is 1.24. The molecule has 2 unspecified atom stereocenters. The van der Waals surface area contributed by atoms with Crippen LogP contribution in [0.25, 0.3) is 21.9 Å². The molecule has 2 aromatic carbocycles. The van der Waals surface area contributed by atoms with Crippen molar-refractivity contribution in [2.75, 3.05) is 19.5 Å². The number of alkyl halides is 1. The van der Waals surface area contributed by atoms with Gasteiger partial charge in [0.25, 0.3) is 0 Å². The second kappa shape index (κ2) is 13.3. The van der Waals surface area contributed by atoms with Crippen molar-refractivity contribution in [3.63, 3.8) is 0 Å². The molecular weight excluding hydrogens is 634 g/mol. The first-order valence-electron chi connectivity index (χ1n) is 15.5. The number of halogens is 1. The van der Waals surface area contributed by atoms with E-state index in [4.69, 9.17) is 29.0 Å². The number of nitrogens with two attached hydrogens (primary N) is 1. The van der Waals surface area contributed by atoms with Gasteiger partial charge < -0.3 is 29.6 Å². The first-order valence-corrected chi connectivity index (χ1v) is 17.0. The lowest BCUT2D eigenvalue weighted by Gasteiger charge is -2.27. The maximum atomic E-state index is 15.9. The third-order valence-corrected chi connectivity index (χ3v) is 10.1. The second-order valence-electron chi connectivity index (χ2n) is 12.0. The molecule has 1 saturated heterocycles. The van der Waals surface area contributed by atoms with E-state index in [1.807, 2.05) is 18.2 Å². The number of carbonyl (C=O) groups excluding carboxylic acids is 1. The minimum atomic E-state index is -4.42. The van der Waals surface area contributed by atoms with Crippen molar-refractivity contribution < 1.29 is 42.1 Å². The van der Waals surface area contributed by atoms with Crippen LogP contribution in [0, 0.1) is 0 Å². The standard InChI is InChI=1S/C31H38FN6O8P/c1-18(28(39)44-20-12-5-4-6-13-20)37-47(41,46-22-15-9-11-19-10-7-8-14-21(19)22)43-16-23-25(32)31(2,40)29(45-23)38-17-34-24-26(38)35-30(33)36-27(24)42-3/h7-11,14-15,17-18,20,23,25,29,40H,4-6,12-13,16H2,1-3H3,(H,37,41)(H2,33,35,36)/t18-,23+,25+,29?,31+,47?/m0/s1. The summed E-state index contributed by atoms with van der Waals surface area (Å²) >= 11 is 0. The lowest BCUT2D eigenvalue weighted by Crippen LogP contribution is -2.42. The van der Waals surface area contributed by atoms with Gasteiger partial charge in [0.15, 0.2) is 23.6 Å². The molecule has 1 saturated carbocycles. The summed E-state index contributed by atoms with van der Waals surface area (Å²) in [6.07, 6.45) is 0.813. The molecule has 0 spiro atoms. The largest absolute Gasteiger partial charge is 0.479 e. The van der Waals surface area contributed by atoms with Gasteiger partial charge in [0.2, 0.25) is 11.8 Å². The molecule has 2 aromatic heterocycles. The van der Waals surface area contributed by atoms with Crippen molar-refractivity contribution in [2.24, 2.45) is 0 Å². The monoisotopic (exact) mass is 672 g/mol. The molecule has 4 N–H and O–H groups in total. The SMILES string of the molecule is COc1nc(N)nc2c1ncn2C1O[C@H](COP(=O)(N[C@@H](C)C(=O)OC2CCCCC2)Oc2cccc3ccccc23)[C@@H](F)[C@@]1(C)O. The van der Waals surface area contributed by atoms with Crippen LogP contribution >= 0.6 is 7.75 Å². The fourth-order valence-electron chi connectivity index (χ4n) is 5.98. The minimum Gasteiger partial charge on any atom is -0.479 e. The normalized spacial score (nSPS) is 25.4. The number of nitrogen functional groups attached to an aromatic ring is 1. The smallest absolute Gasteiger partial charge is 0.459 e. The van der Waals surface area contributed by atoms with Gasteiger partial charge in [-0.1, -0.05) is 42.8 Å². The number of aromatic nitrogens is 4. The fraction of sp³-hybridized carbons (Fsp3) is 0.484. The first kappa shape index (κ1) is 33.0. The summed E-state index contributed by atoms with van der Waals surface area (Å²) in [5.41, 5.74) is 4.09. The maximum absolute atomic E-state index is 15.9. The van der Waals surface area contributed by atoms with Crippen molar-refractivity contribution in [3.8, 4) is 11.6 Å². The van der Waals surface area contributed by atoms with Crippen LogP contribution in [-0.4, -0.2) is 74.3 Å². The van der Waals surface area contributed by atoms with Crippen LogP contribution < -0.4 is 20.1 Å². The van der Waals surface area contributed by atoms with Crippen molar-refractivity contribution in [2.45, 2.75) is 82.2 Å². The number of imidazole rings is 1. The van der Waals surface area contributed by atoms with Crippen LogP contribution in [0.3, 0.4) is 0 Å². The van der Waals surface area contributed by atoms with Gasteiger partial charge in [0.1, 0.15) is 29.6 Å². The number of carbonyl (C=O) groups is 1. The highest BCUT2D eigenvalue weighted by molar-refractivity contribution is 7.52. The Morgan fingerprint density at radius 1 is 1.21 bits per heavy atom. The zero-order chi connectivity index (χ0) is 33.3. The summed E-state index contributed by atoms with van der Waals surface area (Å²) < 4.78 is 60.2. The van der Waals surface area contributed by atoms with Crippen LogP contribution in [0.2, 0.25) is 0 Å². The molecular formula is C31H38FN6O8P. The Bertz CT molecular complexity index is 1800. The van der Waals surface area contributed by atoms with E-state index in [1.165, 1.54) is 31.9 Å². The molecule has 252 valence electrons. The molecule has 47 heavy (non-hydrogen) atoms. The van der Waals surface area contributed by atoms with Crippen LogP contribution in [0.5, 0.6) is 11.6 Å². The van der Waals surface area contributed by atoms with E-state index in [0.29, 0.717) is 5.39 Å². The predicted molar refractivity (Wildman–Crippen MR) is 169 cm³/mol. The zero-order valence-corrected chi connectivity index (χ0v) is 27.1. The quantitative estimate of drug-likeness (QED) is 0.148. The number of benzene rings is 2. The lowest BCUT2D eigenvalue weighted by atomic mass is 9.98. The van der Waals surface area contributed by atoms with Gasteiger partial charge in [-0.3, -0.25) is 13.9 Å². The topological polar surface area (TPSA) is 182 Å². The molecule has 6 atom stereocenters. The number of esters is 1. The summed E-state index contributed by atoms with van der Waals surface area (Å²) in [6, 6.07) is 11.4. The van der Waals surface area contributed by atoms with Gasteiger partial charge in [-0.15, -0.1) is 0 Å². The van der Waals surface area contributed by atoms with Crippen molar-refractivity contribution in [1.82, 2.24) is 24.6 Å². The molecule has 0 bridgehead atoms. The maximum Gasteiger partial charge on any atom is 0.459 e. The third kappa shape index (κ3) is 6.76. The summed E-state index contributed by atoms with van der Waals surface area (Å²) in [5.74, 6) is -0.431. The molecule has 1 aliphatic carbocycles. The number of fused-ring (bicyclic) bond motifs is 2. The molecule has 1 aliphatic heterocycles. The lowest BCUT2D eigenvalue weighted by molar-refractivity contribution is -0.152. The molecule has 16 heteroatoms. The molecule has 2 aliphatic rings. The Kier molecular flexibility index (Phi) is 9.36. The summed E-state index contributed by atoms with van der Waals surface area (Å²) in [7, 11) is -3.03. The fourth-order valence-corrected chi connectivity index (χ4v) is 7.50. The van der Waals surface area contributed by atoms with E-state index in [-0.39, 0.29) is 34.8 Å². The Labute approximate surface area is 270 Å². The van der Waals surface area contributed by atoms with E-state index in [9.17, 15) is 14.5 Å². The van der Waals surface area contributed by atoms with Crippen LogP contribution in [0.4, 0.5) is 10.3 Å². The molecule has 3 heterocycles. The Hall–Kier alpha value is -3.88. The highest BCUT2D eigenvalue weighted by Gasteiger charge is 2.55. The average Bonchev–Trinajstić information content (AvgIpc) is 3.57. The van der Waals surface area contributed by atoms with E-state index in [0.717, 1.165) is 37.5 Å². The minimum absolute atomic E-state index is 0.0919. The number of hydrogen-bond acceptors (Lipinski definition) is 12. The van der Waals surface area contributed by atoms with E-state index >= 15 is 4.39 Å². The van der Waals surface area contributed by atoms with Crippen LogP contribution in [0.1, 0.15) is 52.2 Å². The van der Waals surface area contributed by atoms with Crippen LogP contribution in [0.15, 0.2) is 48.8 Å². The predicted octanol–water partition coefficient (Wildman–Crippen LogP) is 4.61. The summed E-state index contributed by atoms with van der Waals surface area (Å²) in [5, 5.41) is 15.4. The molecule has 0 amide bonds.